The van der Waals surface area contributed by atoms with Gasteiger partial charge < -0.3 is 10.3 Å². The highest BCUT2D eigenvalue weighted by atomic mass is 32.2. The minimum Gasteiger partial charge on any atom is -0.353 e. The molecule has 5 nitrogen and oxygen atoms in total. The number of H-pyrrole nitrogens is 1. The van der Waals surface area contributed by atoms with Crippen LogP contribution in [0.5, 0.6) is 0 Å². The zero-order chi connectivity index (χ0) is 16.7. The third kappa shape index (κ3) is 3.24. The van der Waals surface area contributed by atoms with Gasteiger partial charge in [0.1, 0.15) is 4.83 Å². The van der Waals surface area contributed by atoms with Gasteiger partial charge in [0.15, 0.2) is 5.16 Å². The Labute approximate surface area is 148 Å². The van der Waals surface area contributed by atoms with Crippen molar-refractivity contribution >= 4 is 39.2 Å². The number of nitrogens with one attached hydrogen (secondary N) is 2. The van der Waals surface area contributed by atoms with Crippen LogP contribution >= 0.6 is 23.1 Å². The van der Waals surface area contributed by atoms with Crippen LogP contribution in [0.1, 0.15) is 43.0 Å². The summed E-state index contributed by atoms with van der Waals surface area (Å²) in [7, 11) is 0. The molecule has 2 aliphatic rings. The standard InChI is InChI=1S/C17H21N3O2S2/c1-9(10-6-7-10)18-13(21)8-23-17-19-15(22)14-11-4-2-3-5-12(11)24-16(14)20-17/h9-10H,2-8H2,1H3,(H,18,21)(H,19,20,22). The van der Waals surface area contributed by atoms with Crippen molar-refractivity contribution in [2.24, 2.45) is 5.92 Å². The second kappa shape index (κ2) is 6.52. The van der Waals surface area contributed by atoms with Crippen LogP contribution in [0.15, 0.2) is 9.95 Å². The fourth-order valence-corrected chi connectivity index (χ4v) is 5.35. The topological polar surface area (TPSA) is 74.8 Å². The highest BCUT2D eigenvalue weighted by Gasteiger charge is 2.28. The monoisotopic (exact) mass is 363 g/mol. The van der Waals surface area contributed by atoms with Gasteiger partial charge in [0, 0.05) is 10.9 Å². The van der Waals surface area contributed by atoms with Crippen LogP contribution in [0, 0.1) is 5.92 Å². The average Bonchev–Trinajstić information content (AvgIpc) is 3.33. The van der Waals surface area contributed by atoms with Crippen molar-refractivity contribution in [2.75, 3.05) is 5.75 Å². The number of thiophene rings is 1. The van der Waals surface area contributed by atoms with E-state index in [4.69, 9.17) is 0 Å². The molecule has 0 aromatic carbocycles. The molecule has 24 heavy (non-hydrogen) atoms. The molecule has 0 aliphatic heterocycles. The summed E-state index contributed by atoms with van der Waals surface area (Å²) >= 11 is 2.95. The van der Waals surface area contributed by atoms with E-state index in [2.05, 4.69) is 22.2 Å². The van der Waals surface area contributed by atoms with Gasteiger partial charge in [0.05, 0.1) is 11.1 Å². The van der Waals surface area contributed by atoms with E-state index >= 15 is 0 Å². The minimum absolute atomic E-state index is 0.00706. The van der Waals surface area contributed by atoms with E-state index in [0.29, 0.717) is 11.1 Å². The normalized spacial score (nSPS) is 18.4. The summed E-state index contributed by atoms with van der Waals surface area (Å²) in [4.78, 5) is 34.0. The Morgan fingerprint density at radius 3 is 3.00 bits per heavy atom. The molecule has 2 heterocycles. The van der Waals surface area contributed by atoms with E-state index in [1.54, 1.807) is 11.3 Å². The lowest BCUT2D eigenvalue weighted by atomic mass is 9.97. The third-order valence-electron chi connectivity index (χ3n) is 4.86. The Bertz CT molecular complexity index is 838. The van der Waals surface area contributed by atoms with Gasteiger partial charge in [-0.1, -0.05) is 11.8 Å². The molecule has 1 unspecified atom stereocenters. The van der Waals surface area contributed by atoms with Crippen LogP contribution in [0.25, 0.3) is 10.2 Å². The number of aromatic amines is 1. The van der Waals surface area contributed by atoms with Crippen LogP contribution in [0.4, 0.5) is 0 Å². The molecule has 0 bridgehead atoms. The maximum absolute atomic E-state index is 12.4. The van der Waals surface area contributed by atoms with Gasteiger partial charge in [-0.3, -0.25) is 9.59 Å². The Balaban J connectivity index is 1.48. The van der Waals surface area contributed by atoms with Crippen molar-refractivity contribution in [1.29, 1.82) is 0 Å². The molecular formula is C17H21N3O2S2. The zero-order valence-corrected chi connectivity index (χ0v) is 15.3. The number of fused-ring (bicyclic) bond motifs is 3. The molecule has 1 saturated carbocycles. The maximum Gasteiger partial charge on any atom is 0.260 e. The van der Waals surface area contributed by atoms with Crippen molar-refractivity contribution in [3.63, 3.8) is 0 Å². The molecular weight excluding hydrogens is 342 g/mol. The van der Waals surface area contributed by atoms with E-state index in [0.717, 1.165) is 29.5 Å². The highest BCUT2D eigenvalue weighted by Crippen LogP contribution is 2.34. The first-order valence-corrected chi connectivity index (χ1v) is 10.4. The lowest BCUT2D eigenvalue weighted by Crippen LogP contribution is -2.35. The Hall–Kier alpha value is -1.34. The second-order valence-electron chi connectivity index (χ2n) is 6.74. The van der Waals surface area contributed by atoms with Crippen LogP contribution in [0.3, 0.4) is 0 Å². The van der Waals surface area contributed by atoms with E-state index in [-0.39, 0.29) is 23.3 Å². The highest BCUT2D eigenvalue weighted by molar-refractivity contribution is 7.99. The van der Waals surface area contributed by atoms with E-state index in [9.17, 15) is 9.59 Å². The van der Waals surface area contributed by atoms with Crippen molar-refractivity contribution < 1.29 is 4.79 Å². The molecule has 2 N–H and O–H groups in total. The average molecular weight is 364 g/mol. The summed E-state index contributed by atoms with van der Waals surface area (Å²) in [5.74, 6) is 0.939. The maximum atomic E-state index is 12.4. The molecule has 7 heteroatoms. The number of aryl methyl sites for hydroxylation is 2. The molecule has 0 radical (unpaired) electrons. The quantitative estimate of drug-likeness (QED) is 0.633. The van der Waals surface area contributed by atoms with Crippen LogP contribution < -0.4 is 10.9 Å². The van der Waals surface area contributed by atoms with Crippen LogP contribution in [0.2, 0.25) is 0 Å². The van der Waals surface area contributed by atoms with Crippen molar-refractivity contribution in [2.45, 2.75) is 56.6 Å². The lowest BCUT2D eigenvalue weighted by Gasteiger charge is -2.12. The van der Waals surface area contributed by atoms with E-state index < -0.39 is 0 Å². The Morgan fingerprint density at radius 2 is 2.21 bits per heavy atom. The summed E-state index contributed by atoms with van der Waals surface area (Å²) in [5, 5.41) is 4.34. The van der Waals surface area contributed by atoms with E-state index in [1.807, 2.05) is 0 Å². The summed E-state index contributed by atoms with van der Waals surface area (Å²) in [6.45, 7) is 2.06. The largest absolute Gasteiger partial charge is 0.353 e. The summed E-state index contributed by atoms with van der Waals surface area (Å²) in [6, 6.07) is 0.247. The minimum atomic E-state index is -0.0614. The summed E-state index contributed by atoms with van der Waals surface area (Å²) in [5.41, 5.74) is 1.14. The molecule has 1 amide bonds. The molecule has 2 aliphatic carbocycles. The number of amides is 1. The number of hydrogen-bond acceptors (Lipinski definition) is 5. The summed E-state index contributed by atoms with van der Waals surface area (Å²) < 4.78 is 0. The van der Waals surface area contributed by atoms with Crippen molar-refractivity contribution in [3.8, 4) is 0 Å². The molecule has 4 rings (SSSR count). The molecule has 128 valence electrons. The number of aromatic nitrogens is 2. The smallest absolute Gasteiger partial charge is 0.260 e. The van der Waals surface area contributed by atoms with E-state index in [1.165, 1.54) is 41.5 Å². The molecule has 0 saturated heterocycles. The van der Waals surface area contributed by atoms with Gasteiger partial charge in [-0.2, -0.15) is 0 Å². The molecule has 2 aromatic heterocycles. The predicted octanol–water partition coefficient (Wildman–Crippen LogP) is 2.87. The third-order valence-corrected chi connectivity index (χ3v) is 6.92. The fourth-order valence-electron chi connectivity index (χ4n) is 3.36. The first-order chi connectivity index (χ1) is 11.6. The van der Waals surface area contributed by atoms with Gasteiger partial charge in [-0.15, -0.1) is 11.3 Å². The predicted molar refractivity (Wildman–Crippen MR) is 97.9 cm³/mol. The van der Waals surface area contributed by atoms with Crippen molar-refractivity contribution in [1.82, 2.24) is 15.3 Å². The van der Waals surface area contributed by atoms with Gasteiger partial charge in [0.25, 0.3) is 5.56 Å². The zero-order valence-electron chi connectivity index (χ0n) is 13.7. The van der Waals surface area contributed by atoms with Crippen molar-refractivity contribution in [3.05, 3.63) is 20.8 Å². The Morgan fingerprint density at radius 1 is 1.42 bits per heavy atom. The molecule has 1 atom stereocenters. The second-order valence-corrected chi connectivity index (χ2v) is 8.79. The number of carbonyl (C=O) groups excluding carboxylic acids is 1. The number of carbonyl (C=O) groups is 1. The number of thioether (sulfide) groups is 1. The Kier molecular flexibility index (Phi) is 4.39. The molecule has 0 spiro atoms. The van der Waals surface area contributed by atoms with Gasteiger partial charge in [0.2, 0.25) is 5.91 Å². The van der Waals surface area contributed by atoms with Crippen LogP contribution in [-0.2, 0) is 17.6 Å². The summed E-state index contributed by atoms with van der Waals surface area (Å²) in [6.07, 6.45) is 6.80. The number of nitrogens with zero attached hydrogens (tertiary/aromatic N) is 1. The molecule has 1 fully saturated rings. The van der Waals surface area contributed by atoms with Gasteiger partial charge in [-0.05, 0) is 56.9 Å². The lowest BCUT2D eigenvalue weighted by molar-refractivity contribution is -0.119. The first kappa shape index (κ1) is 16.1. The van der Waals surface area contributed by atoms with Crippen LogP contribution in [-0.4, -0.2) is 27.7 Å². The molecule has 2 aromatic rings. The van der Waals surface area contributed by atoms with Gasteiger partial charge in [-0.25, -0.2) is 4.98 Å². The fraction of sp³-hybridized carbons (Fsp3) is 0.588. The SMILES string of the molecule is CC(NC(=O)CSc1nc2sc3c(c2c(=O)[nH]1)CCCC3)C1CC1. The van der Waals surface area contributed by atoms with Gasteiger partial charge >= 0.3 is 0 Å². The first-order valence-electron chi connectivity index (χ1n) is 8.58. The number of hydrogen-bond donors (Lipinski definition) is 2. The number of rotatable bonds is 5.